The zero-order valence-corrected chi connectivity index (χ0v) is 21.3. The second-order valence-corrected chi connectivity index (χ2v) is 12.0. The zero-order valence-electron chi connectivity index (χ0n) is 19.6. The van der Waals surface area contributed by atoms with Crippen LogP contribution in [0.25, 0.3) is 5.70 Å². The summed E-state index contributed by atoms with van der Waals surface area (Å²) in [6.07, 6.45) is 10.9. The van der Waals surface area contributed by atoms with Crippen LogP contribution in [0.3, 0.4) is 0 Å². The van der Waals surface area contributed by atoms with Crippen molar-refractivity contribution in [3.63, 3.8) is 0 Å². The van der Waals surface area contributed by atoms with Crippen molar-refractivity contribution in [2.75, 3.05) is 6.54 Å². The van der Waals surface area contributed by atoms with Gasteiger partial charge in [-0.3, -0.25) is 0 Å². The van der Waals surface area contributed by atoms with Gasteiger partial charge >= 0.3 is 0 Å². The Bertz CT molecular complexity index is 1620. The highest BCUT2D eigenvalue weighted by atomic mass is 32.2. The molecule has 3 aromatic rings. The molecule has 4 aliphatic heterocycles. The lowest BCUT2D eigenvalue weighted by atomic mass is 9.62. The topological polar surface area (TPSA) is 38.2 Å². The highest BCUT2D eigenvalue weighted by Crippen LogP contribution is 2.63. The largest absolute Gasteiger partial charge is 0.385 e. The maximum absolute atomic E-state index is 4.48. The first-order valence-electron chi connectivity index (χ1n) is 12.5. The zero-order chi connectivity index (χ0) is 23.7. The molecule has 5 aliphatic rings. The molecular weight excluding hydrogens is 478 g/mol. The van der Waals surface area contributed by atoms with Crippen LogP contribution in [0.15, 0.2) is 110 Å². The lowest BCUT2D eigenvalue weighted by Crippen LogP contribution is -2.42. The molecule has 0 fully saturated rings. The van der Waals surface area contributed by atoms with E-state index in [0.717, 1.165) is 25.2 Å². The van der Waals surface area contributed by atoms with Crippen molar-refractivity contribution in [1.29, 1.82) is 0 Å². The molecule has 0 radical (unpaired) electrons. The van der Waals surface area contributed by atoms with E-state index in [-0.39, 0.29) is 5.41 Å². The van der Waals surface area contributed by atoms with Crippen LogP contribution in [0.1, 0.15) is 35.1 Å². The number of fused-ring (bicyclic) bond motifs is 7. The third-order valence-electron chi connectivity index (χ3n) is 7.91. The average Bonchev–Trinajstić information content (AvgIpc) is 3.42. The van der Waals surface area contributed by atoms with E-state index < -0.39 is 0 Å². The molecule has 0 bridgehead atoms. The Kier molecular flexibility index (Phi) is 4.51. The van der Waals surface area contributed by atoms with Gasteiger partial charge in [0.15, 0.2) is 0 Å². The number of hydrogen-bond acceptors (Lipinski definition) is 4. The van der Waals surface area contributed by atoms with Gasteiger partial charge in [-0.2, -0.15) is 0 Å². The first-order chi connectivity index (χ1) is 17.8. The molecular formula is C31H24N3S2+. The molecule has 2 N–H and O–H groups in total. The lowest BCUT2D eigenvalue weighted by molar-refractivity contribution is 0.659. The van der Waals surface area contributed by atoms with Crippen molar-refractivity contribution in [2.24, 2.45) is 5.92 Å². The van der Waals surface area contributed by atoms with Gasteiger partial charge < -0.3 is 5.32 Å². The Balaban J connectivity index is 1.42. The third kappa shape index (κ3) is 2.82. The Morgan fingerprint density at radius 3 is 2.33 bits per heavy atom. The van der Waals surface area contributed by atoms with Crippen LogP contribution in [-0.4, -0.2) is 18.7 Å². The van der Waals surface area contributed by atoms with Gasteiger partial charge in [0.2, 0.25) is 0 Å². The monoisotopic (exact) mass is 502 g/mol. The average molecular weight is 503 g/mol. The van der Waals surface area contributed by atoms with Crippen LogP contribution < -0.4 is 15.3 Å². The van der Waals surface area contributed by atoms with Crippen molar-refractivity contribution < 1.29 is 0 Å². The summed E-state index contributed by atoms with van der Waals surface area (Å²) in [4.78, 5) is 5.51. The van der Waals surface area contributed by atoms with Gasteiger partial charge in [0.05, 0.1) is 11.3 Å². The van der Waals surface area contributed by atoms with E-state index >= 15 is 0 Å². The van der Waals surface area contributed by atoms with E-state index in [1.165, 1.54) is 53.1 Å². The third-order valence-corrected chi connectivity index (χ3v) is 10.3. The molecule has 5 heteroatoms. The summed E-state index contributed by atoms with van der Waals surface area (Å²) in [6, 6.07) is 25.2. The van der Waals surface area contributed by atoms with Gasteiger partial charge in [0.25, 0.3) is 12.2 Å². The molecule has 0 saturated heterocycles. The minimum Gasteiger partial charge on any atom is -0.385 e. The highest BCUT2D eigenvalue weighted by Gasteiger charge is 2.50. The first-order valence-corrected chi connectivity index (χ1v) is 14.2. The number of thioether (sulfide) groups is 1. The molecule has 174 valence electrons. The molecule has 0 aromatic heterocycles. The highest BCUT2D eigenvalue weighted by molar-refractivity contribution is 8.03. The number of benzene rings is 3. The summed E-state index contributed by atoms with van der Waals surface area (Å²) in [5.74, 6) is 1.38. The van der Waals surface area contributed by atoms with Crippen molar-refractivity contribution in [3.05, 3.63) is 118 Å². The van der Waals surface area contributed by atoms with Crippen LogP contribution in [0.2, 0.25) is 0 Å². The molecule has 4 heterocycles. The minimum atomic E-state index is -0.327. The van der Waals surface area contributed by atoms with E-state index in [0.29, 0.717) is 5.92 Å². The van der Waals surface area contributed by atoms with E-state index in [1.54, 1.807) is 6.34 Å². The summed E-state index contributed by atoms with van der Waals surface area (Å²) in [6.45, 7) is 1.02. The maximum atomic E-state index is 4.48. The number of hydrogen-bond donors (Lipinski definition) is 2. The Morgan fingerprint density at radius 1 is 0.861 bits per heavy atom. The number of nitrogens with zero attached hydrogens (tertiary/aromatic N) is 1. The van der Waals surface area contributed by atoms with Gasteiger partial charge in [-0.05, 0) is 63.8 Å². The normalized spacial score (nSPS) is 24.5. The van der Waals surface area contributed by atoms with Crippen molar-refractivity contribution in [3.8, 4) is 0 Å². The molecule has 3 aromatic carbocycles. The molecule has 2 unspecified atom stereocenters. The Hall–Kier alpha value is -3.37. The summed E-state index contributed by atoms with van der Waals surface area (Å²) in [7, 11) is 0. The molecule has 1 aliphatic carbocycles. The molecule has 3 nitrogen and oxygen atoms in total. The molecule has 36 heavy (non-hydrogen) atoms. The van der Waals surface area contributed by atoms with Crippen LogP contribution in [0, 0.1) is 5.92 Å². The predicted octanol–water partition coefficient (Wildman–Crippen LogP) is 5.85. The van der Waals surface area contributed by atoms with Gasteiger partial charge in [0.1, 0.15) is 0 Å². The van der Waals surface area contributed by atoms with Crippen LogP contribution in [0.5, 0.6) is 0 Å². The van der Waals surface area contributed by atoms with E-state index in [2.05, 4.69) is 100 Å². The molecule has 0 saturated carbocycles. The second kappa shape index (κ2) is 7.81. The van der Waals surface area contributed by atoms with Gasteiger partial charge in [0, 0.05) is 26.9 Å². The quantitative estimate of drug-likeness (QED) is 0.431. The van der Waals surface area contributed by atoms with Crippen LogP contribution in [0.4, 0.5) is 0 Å². The summed E-state index contributed by atoms with van der Waals surface area (Å²) < 4.78 is 4.48. The van der Waals surface area contributed by atoms with Crippen LogP contribution in [-0.2, 0) is 5.41 Å². The number of allylic oxidation sites excluding steroid dienone is 3. The first kappa shape index (κ1) is 20.8. The van der Waals surface area contributed by atoms with E-state index in [9.17, 15) is 0 Å². The van der Waals surface area contributed by atoms with Gasteiger partial charge in [-0.25, -0.2) is 9.98 Å². The van der Waals surface area contributed by atoms with Gasteiger partial charge in [-0.1, -0.05) is 90.3 Å². The minimum absolute atomic E-state index is 0.305. The second-order valence-electron chi connectivity index (χ2n) is 9.78. The molecule has 0 amide bonds. The Morgan fingerprint density at radius 2 is 1.61 bits per heavy atom. The molecule has 8 rings (SSSR count). The van der Waals surface area contributed by atoms with Crippen molar-refractivity contribution in [2.45, 2.75) is 32.9 Å². The number of amidine groups is 1. The summed E-state index contributed by atoms with van der Waals surface area (Å²) >= 11 is 3.86. The van der Waals surface area contributed by atoms with E-state index in [4.69, 9.17) is 0 Å². The van der Waals surface area contributed by atoms with E-state index in [1.807, 2.05) is 23.5 Å². The fourth-order valence-electron chi connectivity index (χ4n) is 6.30. The number of rotatable bonds is 2. The maximum Gasteiger partial charge on any atom is 0.299 e. The van der Waals surface area contributed by atoms with Gasteiger partial charge in [-0.15, -0.1) is 0 Å². The lowest BCUT2D eigenvalue weighted by Gasteiger charge is -2.47. The SMILES string of the molecule is C1=CC(C2=[N+]=CN2)CC2=C1C1(c3ccccc3S2)c2ccccc2Sc2cc(C3=CCCN3)ccc21. The standard InChI is InChI=1S/C31H23N3S2/c1-3-9-26-21(6-1)31(23-13-11-19(16-28(23)35-26)25-8-5-15-32-25)22-7-2-4-10-27(22)36-29-17-20(12-14-24(29)31)30-33-18-34-30/h1-4,6-14,16,18,20,32H,5,15,17H2/p+1. The van der Waals surface area contributed by atoms with Crippen LogP contribution >= 0.6 is 23.5 Å². The summed E-state index contributed by atoms with van der Waals surface area (Å²) in [5, 5.41) is 6.86. The fourth-order valence-corrected chi connectivity index (χ4v) is 8.86. The van der Waals surface area contributed by atoms with Crippen molar-refractivity contribution >= 4 is 41.4 Å². The molecule has 1 spiro atoms. The Labute approximate surface area is 219 Å². The number of nitrogens with one attached hydrogen (secondary N) is 2. The summed E-state index contributed by atoms with van der Waals surface area (Å²) in [5.41, 5.74) is 7.82. The molecule has 2 atom stereocenters. The van der Waals surface area contributed by atoms with Crippen molar-refractivity contribution in [1.82, 2.24) is 15.3 Å². The fraction of sp³-hybridized carbons (Fsp3) is 0.161. The predicted molar refractivity (Wildman–Crippen MR) is 150 cm³/mol. The smallest absolute Gasteiger partial charge is 0.299 e.